The summed E-state index contributed by atoms with van der Waals surface area (Å²) in [6, 6.07) is 9.81. The highest BCUT2D eigenvalue weighted by atomic mass is 19.1. The second-order valence-corrected chi connectivity index (χ2v) is 5.59. The number of ether oxygens (including phenoxy) is 2. The average Bonchev–Trinajstić information content (AvgIpc) is 2.61. The van der Waals surface area contributed by atoms with Gasteiger partial charge in [-0.3, -0.25) is 0 Å². The van der Waals surface area contributed by atoms with Crippen LogP contribution in [0.25, 0.3) is 0 Å². The minimum Gasteiger partial charge on any atom is -0.486 e. The summed E-state index contributed by atoms with van der Waals surface area (Å²) in [4.78, 5) is 13.8. The first-order valence-corrected chi connectivity index (χ1v) is 7.96. The van der Waals surface area contributed by atoms with Gasteiger partial charge in [-0.15, -0.1) is 0 Å². The summed E-state index contributed by atoms with van der Waals surface area (Å²) < 4.78 is 38.1. The van der Waals surface area contributed by atoms with Crippen molar-refractivity contribution in [3.05, 3.63) is 54.1 Å². The number of carbonyl (C=O) groups excluding carboxylic acids is 1. The van der Waals surface area contributed by atoms with E-state index in [0.29, 0.717) is 24.7 Å². The molecule has 7 heteroatoms. The molecule has 1 heterocycles. The van der Waals surface area contributed by atoms with Gasteiger partial charge in [-0.1, -0.05) is 12.1 Å². The van der Waals surface area contributed by atoms with E-state index >= 15 is 0 Å². The molecule has 3 rings (SSSR count). The number of rotatable bonds is 4. The molecular weight excluding hydrogens is 330 g/mol. The minimum absolute atomic E-state index is 0.0731. The van der Waals surface area contributed by atoms with Crippen molar-refractivity contribution in [2.24, 2.45) is 0 Å². The summed E-state index contributed by atoms with van der Waals surface area (Å²) in [6.07, 6.45) is -0.335. The SMILES string of the molecule is CCN(CC1COc2ccccc2O1)C(=O)Nc1ccc(F)cc1F. The maximum Gasteiger partial charge on any atom is 0.322 e. The van der Waals surface area contributed by atoms with Crippen LogP contribution in [0.1, 0.15) is 6.92 Å². The van der Waals surface area contributed by atoms with Gasteiger partial charge in [-0.2, -0.15) is 0 Å². The van der Waals surface area contributed by atoms with E-state index in [4.69, 9.17) is 9.47 Å². The molecule has 2 aromatic carbocycles. The zero-order valence-corrected chi connectivity index (χ0v) is 13.7. The number of nitrogens with one attached hydrogen (secondary N) is 1. The van der Waals surface area contributed by atoms with Crippen LogP contribution >= 0.6 is 0 Å². The molecule has 1 aliphatic heterocycles. The lowest BCUT2D eigenvalue weighted by Crippen LogP contribution is -2.45. The third kappa shape index (κ3) is 3.99. The van der Waals surface area contributed by atoms with E-state index in [9.17, 15) is 13.6 Å². The number of benzene rings is 2. The van der Waals surface area contributed by atoms with E-state index in [0.717, 1.165) is 12.1 Å². The zero-order valence-electron chi connectivity index (χ0n) is 13.7. The summed E-state index contributed by atoms with van der Waals surface area (Å²) in [5.74, 6) is -0.232. The number of hydrogen-bond acceptors (Lipinski definition) is 3. The second-order valence-electron chi connectivity index (χ2n) is 5.59. The van der Waals surface area contributed by atoms with Gasteiger partial charge in [0.25, 0.3) is 0 Å². The van der Waals surface area contributed by atoms with Crippen LogP contribution in [0.2, 0.25) is 0 Å². The first-order valence-electron chi connectivity index (χ1n) is 7.96. The number of anilines is 1. The third-order valence-electron chi connectivity index (χ3n) is 3.83. The molecule has 5 nitrogen and oxygen atoms in total. The van der Waals surface area contributed by atoms with Crippen molar-refractivity contribution in [1.82, 2.24) is 4.90 Å². The molecule has 2 amide bonds. The van der Waals surface area contributed by atoms with Gasteiger partial charge in [0.15, 0.2) is 17.6 Å². The number of likely N-dealkylation sites (N-methyl/N-ethyl adjacent to an activating group) is 1. The Balaban J connectivity index is 1.63. The maximum atomic E-state index is 13.7. The first-order chi connectivity index (χ1) is 12.1. The first kappa shape index (κ1) is 17.0. The average molecular weight is 348 g/mol. The van der Waals surface area contributed by atoms with Crippen molar-refractivity contribution < 1.29 is 23.0 Å². The Kier molecular flexibility index (Phi) is 5.02. The number of fused-ring (bicyclic) bond motifs is 1. The number of halogens is 2. The molecule has 0 saturated heterocycles. The highest BCUT2D eigenvalue weighted by molar-refractivity contribution is 5.89. The Labute approximate surface area is 144 Å². The zero-order chi connectivity index (χ0) is 17.8. The fourth-order valence-electron chi connectivity index (χ4n) is 2.54. The van der Waals surface area contributed by atoms with E-state index in [2.05, 4.69) is 5.32 Å². The van der Waals surface area contributed by atoms with E-state index < -0.39 is 17.7 Å². The molecule has 1 unspecified atom stereocenters. The Morgan fingerprint density at radius 1 is 1.24 bits per heavy atom. The summed E-state index contributed by atoms with van der Waals surface area (Å²) in [7, 11) is 0. The summed E-state index contributed by atoms with van der Waals surface area (Å²) >= 11 is 0. The molecule has 1 atom stereocenters. The second kappa shape index (κ2) is 7.38. The topological polar surface area (TPSA) is 50.8 Å². The van der Waals surface area contributed by atoms with Crippen LogP contribution in [0.4, 0.5) is 19.3 Å². The van der Waals surface area contributed by atoms with Crippen LogP contribution in [0, 0.1) is 11.6 Å². The lowest BCUT2D eigenvalue weighted by Gasteiger charge is -2.31. The quantitative estimate of drug-likeness (QED) is 0.917. The predicted molar refractivity (Wildman–Crippen MR) is 89.0 cm³/mol. The van der Waals surface area contributed by atoms with Crippen molar-refractivity contribution in [2.45, 2.75) is 13.0 Å². The van der Waals surface area contributed by atoms with Crippen molar-refractivity contribution in [3.63, 3.8) is 0 Å². The minimum atomic E-state index is -0.824. The normalized spacial score (nSPS) is 15.6. The highest BCUT2D eigenvalue weighted by Crippen LogP contribution is 2.31. The number of amides is 2. The molecule has 2 aromatic rings. The summed E-state index contributed by atoms with van der Waals surface area (Å²) in [6.45, 7) is 2.79. The molecule has 0 radical (unpaired) electrons. The van der Waals surface area contributed by atoms with Gasteiger partial charge < -0.3 is 19.7 Å². The summed E-state index contributed by atoms with van der Waals surface area (Å²) in [5.41, 5.74) is -0.0731. The number of para-hydroxylation sites is 2. The number of hydrogen-bond donors (Lipinski definition) is 1. The van der Waals surface area contributed by atoms with Gasteiger partial charge >= 0.3 is 6.03 Å². The van der Waals surface area contributed by atoms with Crippen molar-refractivity contribution in [1.29, 1.82) is 0 Å². The van der Waals surface area contributed by atoms with Crippen molar-refractivity contribution in [2.75, 3.05) is 25.0 Å². The van der Waals surface area contributed by atoms with Gasteiger partial charge in [-0.05, 0) is 31.2 Å². The van der Waals surface area contributed by atoms with E-state index in [-0.39, 0.29) is 18.3 Å². The van der Waals surface area contributed by atoms with E-state index in [1.165, 1.54) is 11.0 Å². The molecule has 0 aromatic heterocycles. The smallest absolute Gasteiger partial charge is 0.322 e. The Morgan fingerprint density at radius 2 is 2.00 bits per heavy atom. The third-order valence-corrected chi connectivity index (χ3v) is 3.83. The molecule has 0 fully saturated rings. The van der Waals surface area contributed by atoms with E-state index in [1.807, 2.05) is 18.2 Å². The monoisotopic (exact) mass is 348 g/mol. The summed E-state index contributed by atoms with van der Waals surface area (Å²) in [5, 5.41) is 2.45. The van der Waals surface area contributed by atoms with Gasteiger partial charge in [0.1, 0.15) is 18.2 Å². The van der Waals surface area contributed by atoms with Gasteiger partial charge in [0, 0.05) is 12.6 Å². The van der Waals surface area contributed by atoms with Crippen LogP contribution in [-0.4, -0.2) is 36.7 Å². The Bertz CT molecular complexity index is 770. The molecule has 0 spiro atoms. The van der Waals surface area contributed by atoms with Gasteiger partial charge in [-0.25, -0.2) is 13.6 Å². The molecule has 0 saturated carbocycles. The molecule has 25 heavy (non-hydrogen) atoms. The van der Waals surface area contributed by atoms with E-state index in [1.54, 1.807) is 13.0 Å². The lowest BCUT2D eigenvalue weighted by atomic mass is 10.2. The fourth-order valence-corrected chi connectivity index (χ4v) is 2.54. The lowest BCUT2D eigenvalue weighted by molar-refractivity contribution is 0.0693. The highest BCUT2D eigenvalue weighted by Gasteiger charge is 2.25. The van der Waals surface area contributed by atoms with Gasteiger partial charge in [0.05, 0.1) is 12.2 Å². The number of nitrogens with zero attached hydrogens (tertiary/aromatic N) is 1. The fraction of sp³-hybridized carbons (Fsp3) is 0.278. The maximum absolute atomic E-state index is 13.7. The molecule has 0 aliphatic carbocycles. The number of urea groups is 1. The number of carbonyl (C=O) groups is 1. The van der Waals surface area contributed by atoms with Crippen molar-refractivity contribution >= 4 is 11.7 Å². The van der Waals surface area contributed by atoms with Crippen LogP contribution in [-0.2, 0) is 0 Å². The standard InChI is InChI=1S/C18H18F2N2O3/c1-2-22(18(23)21-15-8-7-12(19)9-14(15)20)10-13-11-24-16-5-3-4-6-17(16)25-13/h3-9,13H,2,10-11H2,1H3,(H,21,23). The van der Waals surface area contributed by atoms with Crippen LogP contribution in [0.5, 0.6) is 11.5 Å². The van der Waals surface area contributed by atoms with Crippen LogP contribution in [0.3, 0.4) is 0 Å². The largest absolute Gasteiger partial charge is 0.486 e. The molecule has 132 valence electrons. The Morgan fingerprint density at radius 3 is 2.72 bits per heavy atom. The van der Waals surface area contributed by atoms with Crippen LogP contribution in [0.15, 0.2) is 42.5 Å². The molecule has 0 bridgehead atoms. The van der Waals surface area contributed by atoms with Gasteiger partial charge in [0.2, 0.25) is 0 Å². The predicted octanol–water partition coefficient (Wildman–Crippen LogP) is 3.66. The molecular formula is C18H18F2N2O3. The van der Waals surface area contributed by atoms with Crippen molar-refractivity contribution in [3.8, 4) is 11.5 Å². The molecule has 1 N–H and O–H groups in total. The molecule has 1 aliphatic rings. The van der Waals surface area contributed by atoms with Crippen LogP contribution < -0.4 is 14.8 Å². The Hall–Kier alpha value is -2.83.